The van der Waals surface area contributed by atoms with Gasteiger partial charge in [-0.25, -0.2) is 0 Å². The summed E-state index contributed by atoms with van der Waals surface area (Å²) in [4.78, 5) is 24.7. The molecule has 424 valence electrons. The lowest BCUT2D eigenvalue weighted by Gasteiger charge is -2.22. The first kappa shape index (κ1) is 69.9. The second-order valence-electron chi connectivity index (χ2n) is 22.8. The Kier molecular flexibility index (Phi) is 60.4. The third-order valence-corrected chi connectivity index (χ3v) is 15.7. The molecule has 6 heteroatoms. The lowest BCUT2D eigenvalue weighted by Crippen LogP contribution is -2.45. The first-order chi connectivity index (χ1) is 35.0. The highest BCUT2D eigenvalue weighted by molar-refractivity contribution is 5.76. The Labute approximate surface area is 445 Å². The lowest BCUT2D eigenvalue weighted by atomic mass is 10.0. The highest BCUT2D eigenvalue weighted by Crippen LogP contribution is 2.19. The van der Waals surface area contributed by atoms with Crippen LogP contribution in [0.15, 0.2) is 0 Å². The molecule has 0 rings (SSSR count). The zero-order chi connectivity index (χ0) is 51.4. The Morgan fingerprint density at radius 2 is 0.577 bits per heavy atom. The van der Waals surface area contributed by atoms with Gasteiger partial charge < -0.3 is 20.3 Å². The maximum atomic E-state index is 12.5. The van der Waals surface area contributed by atoms with E-state index in [4.69, 9.17) is 4.74 Å². The SMILES string of the molecule is CCCCCCCCCCCCCCCCCCCCCCCCCCCC(O)C(CO)NC(=O)CCCCCCCCCCCCOC(=O)CCCCCCCCCCCCCCCCCCCCC. The van der Waals surface area contributed by atoms with Crippen LogP contribution in [0.4, 0.5) is 0 Å². The molecule has 3 N–H and O–H groups in total. The molecule has 0 radical (unpaired) electrons. The van der Waals surface area contributed by atoms with Gasteiger partial charge in [0.25, 0.3) is 0 Å². The van der Waals surface area contributed by atoms with Crippen LogP contribution < -0.4 is 5.32 Å². The van der Waals surface area contributed by atoms with Gasteiger partial charge in [0.05, 0.1) is 25.4 Å². The van der Waals surface area contributed by atoms with Crippen LogP contribution in [0.3, 0.4) is 0 Å². The van der Waals surface area contributed by atoms with E-state index in [9.17, 15) is 19.8 Å². The van der Waals surface area contributed by atoms with E-state index in [0.29, 0.717) is 25.9 Å². The number of hydrogen-bond donors (Lipinski definition) is 3. The van der Waals surface area contributed by atoms with E-state index in [2.05, 4.69) is 19.2 Å². The van der Waals surface area contributed by atoms with Gasteiger partial charge in [-0.2, -0.15) is 0 Å². The van der Waals surface area contributed by atoms with Crippen LogP contribution >= 0.6 is 0 Å². The van der Waals surface area contributed by atoms with Crippen LogP contribution in [-0.2, 0) is 14.3 Å². The number of ether oxygens (including phenoxy) is 1. The summed E-state index contributed by atoms with van der Waals surface area (Å²) in [5, 5.41) is 23.4. The minimum absolute atomic E-state index is 0.0119. The average molecular weight is 1000 g/mol. The fourth-order valence-corrected chi connectivity index (χ4v) is 10.6. The normalized spacial score (nSPS) is 12.5. The number of aliphatic hydroxyl groups excluding tert-OH is 2. The number of rotatable bonds is 62. The van der Waals surface area contributed by atoms with Crippen molar-refractivity contribution in [2.45, 2.75) is 392 Å². The molecule has 0 aromatic heterocycles. The number of unbranched alkanes of at least 4 members (excludes halogenated alkanes) is 51. The Hall–Kier alpha value is -1.14. The van der Waals surface area contributed by atoms with Gasteiger partial charge in [-0.05, 0) is 25.7 Å². The zero-order valence-corrected chi connectivity index (χ0v) is 48.5. The molecule has 0 heterocycles. The maximum absolute atomic E-state index is 12.5. The van der Waals surface area contributed by atoms with Gasteiger partial charge in [-0.3, -0.25) is 9.59 Å². The first-order valence-corrected chi connectivity index (χ1v) is 32.8. The summed E-state index contributed by atoms with van der Waals surface area (Å²) in [6, 6.07) is -0.558. The monoisotopic (exact) mass is 1000 g/mol. The van der Waals surface area contributed by atoms with Crippen LogP contribution in [0.2, 0.25) is 0 Å². The summed E-state index contributed by atoms with van der Waals surface area (Å²) in [7, 11) is 0. The molecular formula is C65H129NO5. The molecule has 2 unspecified atom stereocenters. The highest BCUT2D eigenvalue weighted by atomic mass is 16.5. The van der Waals surface area contributed by atoms with E-state index < -0.39 is 12.1 Å². The molecule has 0 aromatic rings. The number of nitrogens with one attached hydrogen (secondary N) is 1. The number of carbonyl (C=O) groups excluding carboxylic acids is 2. The fraction of sp³-hybridized carbons (Fsp3) is 0.969. The molecule has 2 atom stereocenters. The smallest absolute Gasteiger partial charge is 0.305 e. The molecule has 6 nitrogen and oxygen atoms in total. The van der Waals surface area contributed by atoms with E-state index in [1.54, 1.807) is 0 Å². The van der Waals surface area contributed by atoms with Crippen molar-refractivity contribution in [3.05, 3.63) is 0 Å². The molecule has 1 amide bonds. The largest absolute Gasteiger partial charge is 0.466 e. The fourth-order valence-electron chi connectivity index (χ4n) is 10.6. The highest BCUT2D eigenvalue weighted by Gasteiger charge is 2.20. The predicted octanol–water partition coefficient (Wildman–Crippen LogP) is 20.6. The molecule has 0 aliphatic heterocycles. The van der Waals surface area contributed by atoms with Crippen molar-refractivity contribution in [2.75, 3.05) is 13.2 Å². The van der Waals surface area contributed by atoms with E-state index in [1.807, 2.05) is 0 Å². The van der Waals surface area contributed by atoms with E-state index in [-0.39, 0.29) is 18.5 Å². The van der Waals surface area contributed by atoms with Crippen molar-refractivity contribution < 1.29 is 24.5 Å². The van der Waals surface area contributed by atoms with Crippen LogP contribution in [0, 0.1) is 0 Å². The third kappa shape index (κ3) is 58.0. The molecule has 71 heavy (non-hydrogen) atoms. The summed E-state index contributed by atoms with van der Waals surface area (Å²) >= 11 is 0. The summed E-state index contributed by atoms with van der Waals surface area (Å²) in [5.74, 6) is -0.0635. The van der Waals surface area contributed by atoms with Crippen LogP contribution in [0.25, 0.3) is 0 Å². The van der Waals surface area contributed by atoms with Crippen LogP contribution in [0.1, 0.15) is 380 Å². The molecule has 0 aromatic carbocycles. The lowest BCUT2D eigenvalue weighted by molar-refractivity contribution is -0.143. The molecule has 0 spiro atoms. The van der Waals surface area contributed by atoms with Crippen molar-refractivity contribution in [1.82, 2.24) is 5.32 Å². The Morgan fingerprint density at radius 3 is 0.859 bits per heavy atom. The molecule has 0 saturated heterocycles. The number of amides is 1. The van der Waals surface area contributed by atoms with Crippen molar-refractivity contribution in [3.63, 3.8) is 0 Å². The predicted molar refractivity (Wildman–Crippen MR) is 310 cm³/mol. The van der Waals surface area contributed by atoms with Gasteiger partial charge in [0, 0.05) is 12.8 Å². The molecule has 0 saturated carbocycles. The summed E-state index contributed by atoms with van der Waals surface area (Å²) in [6.45, 7) is 4.95. The zero-order valence-electron chi connectivity index (χ0n) is 48.5. The number of esters is 1. The molecular weight excluding hydrogens is 875 g/mol. The van der Waals surface area contributed by atoms with Gasteiger partial charge in [0.1, 0.15) is 0 Å². The maximum Gasteiger partial charge on any atom is 0.305 e. The van der Waals surface area contributed by atoms with E-state index in [0.717, 1.165) is 57.8 Å². The van der Waals surface area contributed by atoms with Gasteiger partial charge in [0.15, 0.2) is 0 Å². The van der Waals surface area contributed by atoms with Crippen LogP contribution in [0.5, 0.6) is 0 Å². The first-order valence-electron chi connectivity index (χ1n) is 32.8. The Bertz CT molecular complexity index is 1020. The number of aliphatic hydroxyl groups is 2. The van der Waals surface area contributed by atoms with Crippen molar-refractivity contribution >= 4 is 11.9 Å². The summed E-state index contributed by atoms with van der Waals surface area (Å²) < 4.78 is 5.49. The third-order valence-electron chi connectivity index (χ3n) is 15.7. The Morgan fingerprint density at radius 1 is 0.338 bits per heavy atom. The summed E-state index contributed by atoms with van der Waals surface area (Å²) in [5.41, 5.74) is 0. The Balaban J connectivity index is 3.42. The minimum atomic E-state index is -0.679. The van der Waals surface area contributed by atoms with Crippen molar-refractivity contribution in [1.29, 1.82) is 0 Å². The minimum Gasteiger partial charge on any atom is -0.466 e. The van der Waals surface area contributed by atoms with Crippen LogP contribution in [-0.4, -0.2) is 47.4 Å². The second kappa shape index (κ2) is 61.4. The van der Waals surface area contributed by atoms with Crippen molar-refractivity contribution in [2.24, 2.45) is 0 Å². The quantitative estimate of drug-likeness (QED) is 0.0417. The topological polar surface area (TPSA) is 95.9 Å². The van der Waals surface area contributed by atoms with E-state index >= 15 is 0 Å². The molecule has 0 aliphatic carbocycles. The molecule has 0 bridgehead atoms. The van der Waals surface area contributed by atoms with Gasteiger partial charge in [0.2, 0.25) is 5.91 Å². The van der Waals surface area contributed by atoms with Gasteiger partial charge in [-0.1, -0.05) is 341 Å². The van der Waals surface area contributed by atoms with E-state index in [1.165, 1.54) is 289 Å². The van der Waals surface area contributed by atoms with Gasteiger partial charge in [-0.15, -0.1) is 0 Å². The molecule has 0 aliphatic rings. The number of carbonyl (C=O) groups is 2. The molecule has 0 fully saturated rings. The average Bonchev–Trinajstić information content (AvgIpc) is 3.37. The number of hydrogen-bond acceptors (Lipinski definition) is 5. The standard InChI is InChI=1S/C65H129NO5/c1-3-5-7-9-11-13-15-17-19-21-23-24-25-26-27-28-30-31-33-35-37-41-45-49-53-57-63(68)62(61-67)66-64(69)58-54-50-46-42-39-40-44-48-52-56-60-71-65(70)59-55-51-47-43-38-36-34-32-29-22-20-18-16-14-12-10-8-6-4-2/h62-63,67-68H,3-61H2,1-2H3,(H,66,69). The second-order valence-corrected chi connectivity index (χ2v) is 22.8. The summed E-state index contributed by atoms with van der Waals surface area (Å²) in [6.07, 6.45) is 72.6. The van der Waals surface area contributed by atoms with Gasteiger partial charge >= 0.3 is 5.97 Å². The van der Waals surface area contributed by atoms with Crippen molar-refractivity contribution in [3.8, 4) is 0 Å².